The van der Waals surface area contributed by atoms with Crippen molar-refractivity contribution in [2.24, 2.45) is 10.8 Å². The maximum atomic E-state index is 12.3. The molecule has 1 unspecified atom stereocenters. The topological polar surface area (TPSA) is 101 Å². The molecular formula is C16H15N5O2. The molecular weight excluding hydrogens is 294 g/mol. The zero-order chi connectivity index (χ0) is 16.2. The normalized spacial score (nSPS) is 16.8. The van der Waals surface area contributed by atoms with Crippen LogP contribution in [0.25, 0.3) is 0 Å². The number of primary amides is 1. The smallest absolute Gasteiger partial charge is 0.272 e. The van der Waals surface area contributed by atoms with Crippen molar-refractivity contribution in [2.75, 3.05) is 10.3 Å². The zero-order valence-corrected chi connectivity index (χ0v) is 12.2. The number of hydrogen-bond donors (Lipinski definition) is 2. The summed E-state index contributed by atoms with van der Waals surface area (Å²) in [6.07, 6.45) is 3.31. The van der Waals surface area contributed by atoms with Crippen molar-refractivity contribution in [1.82, 2.24) is 4.98 Å². The summed E-state index contributed by atoms with van der Waals surface area (Å²) in [4.78, 5) is 27.9. The Morgan fingerprint density at radius 2 is 1.96 bits per heavy atom. The van der Waals surface area contributed by atoms with Crippen molar-refractivity contribution in [3.8, 4) is 0 Å². The summed E-state index contributed by atoms with van der Waals surface area (Å²) in [6, 6.07) is 11.9. The van der Waals surface area contributed by atoms with Crippen LogP contribution in [0.5, 0.6) is 0 Å². The summed E-state index contributed by atoms with van der Waals surface area (Å²) in [5.74, 6) is -0.899. The number of anilines is 2. The molecule has 116 valence electrons. The predicted octanol–water partition coefficient (Wildman–Crippen LogP) is 1.14. The summed E-state index contributed by atoms with van der Waals surface area (Å²) in [5, 5.41) is 8.46. The van der Waals surface area contributed by atoms with Gasteiger partial charge in [0.05, 0.1) is 17.6 Å². The number of amides is 2. The zero-order valence-electron chi connectivity index (χ0n) is 12.2. The second kappa shape index (κ2) is 6.27. The molecule has 0 spiro atoms. The second-order valence-electron chi connectivity index (χ2n) is 5.04. The van der Waals surface area contributed by atoms with Gasteiger partial charge in [-0.2, -0.15) is 5.10 Å². The lowest BCUT2D eigenvalue weighted by molar-refractivity contribution is -0.119. The van der Waals surface area contributed by atoms with E-state index in [0.717, 1.165) is 0 Å². The van der Waals surface area contributed by atoms with E-state index >= 15 is 0 Å². The van der Waals surface area contributed by atoms with Crippen LogP contribution in [0.15, 0.2) is 60.0 Å². The van der Waals surface area contributed by atoms with E-state index in [0.29, 0.717) is 11.4 Å². The summed E-state index contributed by atoms with van der Waals surface area (Å²) < 4.78 is 0. The number of rotatable bonds is 4. The summed E-state index contributed by atoms with van der Waals surface area (Å²) in [7, 11) is 0. The Hall–Kier alpha value is -3.22. The molecule has 2 aromatic rings. The van der Waals surface area contributed by atoms with Crippen molar-refractivity contribution < 1.29 is 9.59 Å². The molecule has 0 bridgehead atoms. The fraction of sp³-hybridized carbons (Fsp3) is 0.125. The van der Waals surface area contributed by atoms with E-state index in [4.69, 9.17) is 5.73 Å². The van der Waals surface area contributed by atoms with E-state index in [1.165, 1.54) is 11.2 Å². The molecule has 3 rings (SSSR count). The van der Waals surface area contributed by atoms with Gasteiger partial charge < -0.3 is 11.1 Å². The first-order valence-corrected chi connectivity index (χ1v) is 7.07. The number of hydrazone groups is 1. The quantitative estimate of drug-likeness (QED) is 0.884. The van der Waals surface area contributed by atoms with Crippen molar-refractivity contribution >= 4 is 28.9 Å². The van der Waals surface area contributed by atoms with Gasteiger partial charge in [-0.15, -0.1) is 0 Å². The number of hydrogen-bond acceptors (Lipinski definition) is 5. The molecule has 0 radical (unpaired) electrons. The number of para-hydroxylation sites is 1. The van der Waals surface area contributed by atoms with Crippen molar-refractivity contribution in [3.63, 3.8) is 0 Å². The van der Waals surface area contributed by atoms with Crippen LogP contribution in [0.3, 0.4) is 0 Å². The highest BCUT2D eigenvalue weighted by Gasteiger charge is 2.34. The first kappa shape index (κ1) is 14.7. The fourth-order valence-corrected chi connectivity index (χ4v) is 2.33. The molecule has 2 amide bonds. The van der Waals surface area contributed by atoms with E-state index in [-0.39, 0.29) is 18.0 Å². The molecule has 2 heterocycles. The van der Waals surface area contributed by atoms with Gasteiger partial charge in [0.15, 0.2) is 0 Å². The van der Waals surface area contributed by atoms with Crippen LogP contribution in [0, 0.1) is 0 Å². The van der Waals surface area contributed by atoms with E-state index in [1.54, 1.807) is 30.5 Å². The van der Waals surface area contributed by atoms with Gasteiger partial charge in [-0.25, -0.2) is 0 Å². The maximum absolute atomic E-state index is 12.3. The molecule has 1 atom stereocenters. The highest BCUT2D eigenvalue weighted by Crippen LogP contribution is 2.24. The SMILES string of the molecule is NC(=O)C1CC(C(=O)Nc2cccnc2)=NN1c1ccccc1. The number of carbonyl (C=O) groups excluding carboxylic acids is 2. The Bertz CT molecular complexity index is 746. The molecule has 0 saturated heterocycles. The number of aromatic nitrogens is 1. The van der Waals surface area contributed by atoms with Crippen molar-refractivity contribution in [3.05, 3.63) is 54.9 Å². The molecule has 1 aliphatic heterocycles. The Balaban J connectivity index is 1.82. The number of carbonyl (C=O) groups is 2. The molecule has 1 aromatic heterocycles. The first-order chi connectivity index (χ1) is 11.1. The molecule has 0 aliphatic carbocycles. The number of pyridine rings is 1. The van der Waals surface area contributed by atoms with E-state index in [1.807, 2.05) is 18.2 Å². The molecule has 1 aliphatic rings. The number of nitrogens with zero attached hydrogens (tertiary/aromatic N) is 3. The maximum Gasteiger partial charge on any atom is 0.272 e. The summed E-state index contributed by atoms with van der Waals surface area (Å²) in [5.41, 5.74) is 6.97. The molecule has 1 aromatic carbocycles. The highest BCUT2D eigenvalue weighted by atomic mass is 16.2. The van der Waals surface area contributed by atoms with Gasteiger partial charge in [0, 0.05) is 12.6 Å². The monoisotopic (exact) mass is 309 g/mol. The third-order valence-electron chi connectivity index (χ3n) is 3.44. The average Bonchev–Trinajstić information content (AvgIpc) is 3.02. The molecule has 7 heteroatoms. The van der Waals surface area contributed by atoms with Crippen LogP contribution in [0.4, 0.5) is 11.4 Å². The Morgan fingerprint density at radius 1 is 1.17 bits per heavy atom. The molecule has 7 nitrogen and oxygen atoms in total. The third kappa shape index (κ3) is 3.18. The third-order valence-corrected chi connectivity index (χ3v) is 3.44. The minimum absolute atomic E-state index is 0.163. The Kier molecular flexibility index (Phi) is 4.01. The van der Waals surface area contributed by atoms with Gasteiger partial charge in [-0.3, -0.25) is 19.6 Å². The molecule has 0 fully saturated rings. The minimum atomic E-state index is -0.674. The lowest BCUT2D eigenvalue weighted by Crippen LogP contribution is -2.39. The molecule has 3 N–H and O–H groups in total. The summed E-state index contributed by atoms with van der Waals surface area (Å²) in [6.45, 7) is 0. The number of benzene rings is 1. The lowest BCUT2D eigenvalue weighted by Gasteiger charge is -2.20. The van der Waals surface area contributed by atoms with Crippen LogP contribution in [0.2, 0.25) is 0 Å². The van der Waals surface area contributed by atoms with Crippen LogP contribution < -0.4 is 16.1 Å². The van der Waals surface area contributed by atoms with Gasteiger partial charge in [0.2, 0.25) is 5.91 Å². The summed E-state index contributed by atoms with van der Waals surface area (Å²) >= 11 is 0. The van der Waals surface area contributed by atoms with Gasteiger partial charge >= 0.3 is 0 Å². The van der Waals surface area contributed by atoms with E-state index in [2.05, 4.69) is 15.4 Å². The van der Waals surface area contributed by atoms with E-state index in [9.17, 15) is 9.59 Å². The van der Waals surface area contributed by atoms with Gasteiger partial charge in [0.25, 0.3) is 5.91 Å². The number of nitrogens with one attached hydrogen (secondary N) is 1. The predicted molar refractivity (Wildman–Crippen MR) is 86.8 cm³/mol. The van der Waals surface area contributed by atoms with Gasteiger partial charge in [-0.1, -0.05) is 18.2 Å². The largest absolute Gasteiger partial charge is 0.368 e. The van der Waals surface area contributed by atoms with Crippen molar-refractivity contribution in [2.45, 2.75) is 12.5 Å². The lowest BCUT2D eigenvalue weighted by atomic mass is 10.1. The van der Waals surface area contributed by atoms with Gasteiger partial charge in [0.1, 0.15) is 11.8 Å². The minimum Gasteiger partial charge on any atom is -0.368 e. The Labute approximate surface area is 132 Å². The average molecular weight is 309 g/mol. The van der Waals surface area contributed by atoms with Crippen LogP contribution in [-0.4, -0.2) is 28.6 Å². The fourth-order valence-electron chi connectivity index (χ4n) is 2.33. The number of nitrogens with two attached hydrogens (primary N) is 1. The van der Waals surface area contributed by atoms with Crippen LogP contribution >= 0.6 is 0 Å². The standard InChI is InChI=1S/C16H15N5O2/c17-15(22)14-9-13(16(23)19-11-5-4-8-18-10-11)20-21(14)12-6-2-1-3-7-12/h1-8,10,14H,9H2,(H2,17,22)(H,19,23). The second-order valence-corrected chi connectivity index (χ2v) is 5.04. The molecule has 23 heavy (non-hydrogen) atoms. The van der Waals surface area contributed by atoms with Gasteiger partial charge in [-0.05, 0) is 24.3 Å². The highest BCUT2D eigenvalue weighted by molar-refractivity contribution is 6.44. The van der Waals surface area contributed by atoms with Crippen LogP contribution in [-0.2, 0) is 9.59 Å². The molecule has 0 saturated carbocycles. The van der Waals surface area contributed by atoms with Crippen LogP contribution in [0.1, 0.15) is 6.42 Å². The Morgan fingerprint density at radius 3 is 2.61 bits per heavy atom. The van der Waals surface area contributed by atoms with Crippen molar-refractivity contribution in [1.29, 1.82) is 0 Å². The van der Waals surface area contributed by atoms with E-state index < -0.39 is 11.9 Å². The first-order valence-electron chi connectivity index (χ1n) is 7.07.